The molecule has 4 nitrogen and oxygen atoms in total. The van der Waals surface area contributed by atoms with Crippen LogP contribution in [0.1, 0.15) is 40.7 Å². The van der Waals surface area contributed by atoms with Gasteiger partial charge in [0.25, 0.3) is 5.91 Å². The van der Waals surface area contributed by atoms with Gasteiger partial charge in [-0.2, -0.15) is 0 Å². The van der Waals surface area contributed by atoms with Crippen LogP contribution in [0.4, 0.5) is 10.1 Å². The molecule has 1 N–H and O–H groups in total. The third-order valence-corrected chi connectivity index (χ3v) is 4.47. The van der Waals surface area contributed by atoms with Crippen LogP contribution in [0.5, 0.6) is 5.75 Å². The highest BCUT2D eigenvalue weighted by Crippen LogP contribution is 2.39. The Balaban J connectivity index is 1.72. The fourth-order valence-electron chi connectivity index (χ4n) is 3.04. The number of hydrogen-bond acceptors (Lipinski definition) is 3. The van der Waals surface area contributed by atoms with E-state index in [1.54, 1.807) is 25.1 Å². The first-order chi connectivity index (χ1) is 11.9. The van der Waals surface area contributed by atoms with Crippen molar-refractivity contribution in [2.45, 2.75) is 26.2 Å². The van der Waals surface area contributed by atoms with Crippen LogP contribution in [-0.4, -0.2) is 18.3 Å². The van der Waals surface area contributed by atoms with E-state index in [0.717, 1.165) is 5.56 Å². The molecule has 0 bridgehead atoms. The van der Waals surface area contributed by atoms with Crippen molar-refractivity contribution in [2.75, 3.05) is 11.9 Å². The Bertz CT molecular complexity index is 866. The van der Waals surface area contributed by atoms with Crippen LogP contribution in [-0.2, 0) is 4.79 Å². The number of ketones is 1. The maximum atomic E-state index is 14.0. The van der Waals surface area contributed by atoms with Crippen LogP contribution in [0.15, 0.2) is 30.3 Å². The van der Waals surface area contributed by atoms with E-state index >= 15 is 0 Å². The van der Waals surface area contributed by atoms with Crippen LogP contribution in [0.3, 0.4) is 0 Å². The van der Waals surface area contributed by atoms with Gasteiger partial charge in [0.2, 0.25) is 0 Å². The van der Waals surface area contributed by atoms with E-state index in [2.05, 4.69) is 5.32 Å². The largest absolute Gasteiger partial charge is 0.483 e. The van der Waals surface area contributed by atoms with Gasteiger partial charge in [-0.25, -0.2) is 4.39 Å². The molecule has 1 aliphatic carbocycles. The lowest BCUT2D eigenvalue weighted by atomic mass is 10.0. The topological polar surface area (TPSA) is 55.4 Å². The van der Waals surface area contributed by atoms with Crippen molar-refractivity contribution in [1.29, 1.82) is 0 Å². The van der Waals surface area contributed by atoms with Gasteiger partial charge in [-0.05, 0) is 48.7 Å². The Morgan fingerprint density at radius 1 is 1.36 bits per heavy atom. The molecule has 6 heteroatoms. The van der Waals surface area contributed by atoms with E-state index in [1.165, 1.54) is 12.1 Å². The zero-order valence-electron chi connectivity index (χ0n) is 13.9. The molecule has 2 aromatic carbocycles. The molecule has 130 valence electrons. The summed E-state index contributed by atoms with van der Waals surface area (Å²) >= 11 is 5.89. The van der Waals surface area contributed by atoms with E-state index in [4.69, 9.17) is 16.3 Å². The van der Waals surface area contributed by atoms with Crippen molar-refractivity contribution in [2.24, 2.45) is 0 Å². The highest BCUT2D eigenvalue weighted by Gasteiger charge is 2.32. The number of benzene rings is 2. The molecule has 0 aliphatic heterocycles. The average molecular weight is 362 g/mol. The summed E-state index contributed by atoms with van der Waals surface area (Å²) in [6.07, 6.45) is 0.253. The summed E-state index contributed by atoms with van der Waals surface area (Å²) in [6.45, 7) is 3.35. The first kappa shape index (κ1) is 17.4. The number of anilines is 1. The van der Waals surface area contributed by atoms with Gasteiger partial charge >= 0.3 is 0 Å². The highest BCUT2D eigenvalue weighted by molar-refractivity contribution is 6.30. The minimum absolute atomic E-state index is 0.161. The standard InChI is InChI=1S/C19H17ClFNO3/c1-10-7-12(20)3-5-14(10)22-17(24)9-25-16-6-4-13(21)18-11(2)8-15(23)19(16)18/h3-7,11H,8-9H2,1-2H3,(H,22,24). The molecule has 0 saturated heterocycles. The molecule has 1 amide bonds. The van der Waals surface area contributed by atoms with Gasteiger partial charge in [-0.3, -0.25) is 9.59 Å². The van der Waals surface area contributed by atoms with Gasteiger partial charge in [0, 0.05) is 22.7 Å². The second kappa shape index (κ2) is 6.84. The maximum Gasteiger partial charge on any atom is 0.262 e. The van der Waals surface area contributed by atoms with Crippen LogP contribution in [0, 0.1) is 12.7 Å². The highest BCUT2D eigenvalue weighted by atomic mass is 35.5. The van der Waals surface area contributed by atoms with Crippen molar-refractivity contribution in [3.8, 4) is 5.75 Å². The van der Waals surface area contributed by atoms with Gasteiger partial charge in [-0.1, -0.05) is 18.5 Å². The lowest BCUT2D eigenvalue weighted by Gasteiger charge is -2.13. The molecule has 0 spiro atoms. The SMILES string of the molecule is Cc1cc(Cl)ccc1NC(=O)COc1ccc(F)c2c1C(=O)CC2C. The van der Waals surface area contributed by atoms with Crippen molar-refractivity contribution in [1.82, 2.24) is 0 Å². The third kappa shape index (κ3) is 3.51. The molecular formula is C19H17ClFNO3. The predicted octanol–water partition coefficient (Wildman–Crippen LogP) is 4.49. The Kier molecular flexibility index (Phi) is 4.77. The number of fused-ring (bicyclic) bond motifs is 1. The molecule has 3 rings (SSSR count). The summed E-state index contributed by atoms with van der Waals surface area (Å²) in [5.74, 6) is -0.889. The fraction of sp³-hybridized carbons (Fsp3) is 0.263. The van der Waals surface area contributed by atoms with Crippen molar-refractivity contribution >= 4 is 29.0 Å². The second-order valence-electron chi connectivity index (χ2n) is 6.16. The number of hydrogen-bond donors (Lipinski definition) is 1. The Morgan fingerprint density at radius 2 is 2.12 bits per heavy atom. The van der Waals surface area contributed by atoms with Crippen LogP contribution >= 0.6 is 11.6 Å². The first-order valence-electron chi connectivity index (χ1n) is 7.91. The fourth-order valence-corrected chi connectivity index (χ4v) is 3.27. The summed E-state index contributed by atoms with van der Waals surface area (Å²) in [4.78, 5) is 24.2. The van der Waals surface area contributed by atoms with E-state index in [0.29, 0.717) is 16.3 Å². The van der Waals surface area contributed by atoms with Crippen molar-refractivity contribution in [3.05, 3.63) is 57.9 Å². The quantitative estimate of drug-likeness (QED) is 0.872. The number of aryl methyl sites for hydroxylation is 1. The Hall–Kier alpha value is -2.40. The van der Waals surface area contributed by atoms with Gasteiger partial charge < -0.3 is 10.1 Å². The zero-order chi connectivity index (χ0) is 18.1. The summed E-state index contributed by atoms with van der Waals surface area (Å²) < 4.78 is 19.5. The summed E-state index contributed by atoms with van der Waals surface area (Å²) in [5, 5.41) is 3.31. The third-order valence-electron chi connectivity index (χ3n) is 4.24. The lowest BCUT2D eigenvalue weighted by Crippen LogP contribution is -2.21. The number of carbonyl (C=O) groups is 2. The number of Topliss-reactive ketones (excluding diaryl/α,β-unsaturated/α-hetero) is 1. The van der Waals surface area contributed by atoms with Crippen LogP contribution < -0.4 is 10.1 Å². The molecule has 0 aromatic heterocycles. The molecule has 1 atom stereocenters. The molecular weight excluding hydrogens is 345 g/mol. The lowest BCUT2D eigenvalue weighted by molar-refractivity contribution is -0.118. The smallest absolute Gasteiger partial charge is 0.262 e. The first-order valence-corrected chi connectivity index (χ1v) is 8.29. The van der Waals surface area contributed by atoms with Gasteiger partial charge in [0.1, 0.15) is 11.6 Å². The second-order valence-corrected chi connectivity index (χ2v) is 6.60. The van der Waals surface area contributed by atoms with Crippen molar-refractivity contribution < 1.29 is 18.7 Å². The molecule has 2 aromatic rings. The summed E-state index contributed by atoms with van der Waals surface area (Å²) in [7, 11) is 0. The number of nitrogens with one attached hydrogen (secondary N) is 1. The normalized spacial score (nSPS) is 15.8. The van der Waals surface area contributed by atoms with E-state index in [1.807, 2.05) is 6.92 Å². The van der Waals surface area contributed by atoms with Gasteiger partial charge in [-0.15, -0.1) is 0 Å². The summed E-state index contributed by atoms with van der Waals surface area (Å²) in [6, 6.07) is 7.79. The van der Waals surface area contributed by atoms with Crippen LogP contribution in [0.25, 0.3) is 0 Å². The van der Waals surface area contributed by atoms with Gasteiger partial charge in [0.15, 0.2) is 12.4 Å². The van der Waals surface area contributed by atoms with Crippen molar-refractivity contribution in [3.63, 3.8) is 0 Å². The maximum absolute atomic E-state index is 14.0. The zero-order valence-corrected chi connectivity index (χ0v) is 14.6. The molecule has 0 saturated carbocycles. The number of rotatable bonds is 4. The molecule has 25 heavy (non-hydrogen) atoms. The average Bonchev–Trinajstić information content (AvgIpc) is 2.85. The van der Waals surface area contributed by atoms with Gasteiger partial charge in [0.05, 0.1) is 5.56 Å². The van der Waals surface area contributed by atoms with E-state index < -0.39 is 5.82 Å². The van der Waals surface area contributed by atoms with E-state index in [-0.39, 0.29) is 41.9 Å². The molecule has 0 radical (unpaired) electrons. The van der Waals surface area contributed by atoms with Crippen LogP contribution in [0.2, 0.25) is 5.02 Å². The number of amides is 1. The Labute approximate surface area is 149 Å². The monoisotopic (exact) mass is 361 g/mol. The Morgan fingerprint density at radius 3 is 2.84 bits per heavy atom. The minimum Gasteiger partial charge on any atom is -0.483 e. The van der Waals surface area contributed by atoms with E-state index in [9.17, 15) is 14.0 Å². The summed E-state index contributed by atoms with van der Waals surface area (Å²) in [5.41, 5.74) is 2.08. The predicted molar refractivity (Wildman–Crippen MR) is 94.1 cm³/mol. The minimum atomic E-state index is -0.415. The molecule has 0 fully saturated rings. The molecule has 1 unspecified atom stereocenters. The number of halogens is 2. The molecule has 1 aliphatic rings. The number of ether oxygens (including phenoxy) is 1. The number of carbonyl (C=O) groups excluding carboxylic acids is 2. The molecule has 0 heterocycles.